The summed E-state index contributed by atoms with van der Waals surface area (Å²) in [6.45, 7) is 6.85. The van der Waals surface area contributed by atoms with E-state index in [4.69, 9.17) is 9.47 Å². The zero-order valence-electron chi connectivity index (χ0n) is 19.0. The van der Waals surface area contributed by atoms with Gasteiger partial charge in [-0.15, -0.1) is 11.8 Å². The second-order valence-electron chi connectivity index (χ2n) is 8.16. The maximum Gasteiger partial charge on any atom is 0.161 e. The summed E-state index contributed by atoms with van der Waals surface area (Å²) < 4.78 is 11.6. The number of ether oxygens (including phenoxy) is 2. The molecule has 0 radical (unpaired) electrons. The van der Waals surface area contributed by atoms with Gasteiger partial charge in [-0.25, -0.2) is 0 Å². The van der Waals surface area contributed by atoms with E-state index < -0.39 is 0 Å². The molecule has 0 aromatic heterocycles. The van der Waals surface area contributed by atoms with Crippen molar-refractivity contribution in [1.29, 1.82) is 0 Å². The van der Waals surface area contributed by atoms with Crippen LogP contribution < -0.4 is 9.47 Å². The minimum atomic E-state index is 0.539. The Labute approximate surface area is 196 Å². The average molecular weight is 449 g/mol. The third-order valence-corrected chi connectivity index (χ3v) is 6.65. The van der Waals surface area contributed by atoms with Crippen LogP contribution in [0.15, 0.2) is 77.7 Å². The Bertz CT molecular complexity index is 971. The molecule has 0 saturated carbocycles. The van der Waals surface area contributed by atoms with Crippen molar-refractivity contribution in [2.75, 3.05) is 39.5 Å². The van der Waals surface area contributed by atoms with Crippen LogP contribution in [-0.4, -0.2) is 49.3 Å². The van der Waals surface area contributed by atoms with Gasteiger partial charge in [0.15, 0.2) is 11.5 Å². The van der Waals surface area contributed by atoms with E-state index in [1.165, 1.54) is 16.0 Å². The summed E-state index contributed by atoms with van der Waals surface area (Å²) in [5.41, 5.74) is 3.81. The van der Waals surface area contributed by atoms with Crippen LogP contribution in [0.3, 0.4) is 0 Å². The number of piperazine rings is 1. The molecule has 4 nitrogen and oxygen atoms in total. The van der Waals surface area contributed by atoms with Crippen LogP contribution in [0.5, 0.6) is 11.5 Å². The summed E-state index contributed by atoms with van der Waals surface area (Å²) in [4.78, 5) is 6.40. The van der Waals surface area contributed by atoms with Crippen molar-refractivity contribution in [3.05, 3.63) is 89.5 Å². The lowest BCUT2D eigenvalue weighted by molar-refractivity contribution is 0.122. The van der Waals surface area contributed by atoms with Crippen LogP contribution in [0, 0.1) is 0 Å². The van der Waals surface area contributed by atoms with Crippen molar-refractivity contribution in [3.8, 4) is 11.5 Å². The summed E-state index contributed by atoms with van der Waals surface area (Å²) in [5, 5.41) is 0. The Balaban J connectivity index is 1.30. The molecular weight excluding hydrogens is 416 g/mol. The van der Waals surface area contributed by atoms with E-state index in [0.29, 0.717) is 6.61 Å². The molecule has 0 amide bonds. The lowest BCUT2D eigenvalue weighted by atomic mass is 10.1. The van der Waals surface area contributed by atoms with Gasteiger partial charge < -0.3 is 9.47 Å². The molecule has 5 heteroatoms. The smallest absolute Gasteiger partial charge is 0.161 e. The summed E-state index contributed by atoms with van der Waals surface area (Å²) >= 11 is 1.79. The number of benzene rings is 3. The molecule has 32 heavy (non-hydrogen) atoms. The number of thioether (sulfide) groups is 1. The first-order valence-corrected chi connectivity index (χ1v) is 12.4. The molecule has 0 bridgehead atoms. The predicted octanol–water partition coefficient (Wildman–Crippen LogP) is 5.31. The minimum Gasteiger partial charge on any atom is -0.493 e. The van der Waals surface area contributed by atoms with Crippen molar-refractivity contribution < 1.29 is 9.47 Å². The van der Waals surface area contributed by atoms with E-state index in [1.54, 1.807) is 18.9 Å². The first kappa shape index (κ1) is 22.7. The largest absolute Gasteiger partial charge is 0.493 e. The highest BCUT2D eigenvalue weighted by molar-refractivity contribution is 7.98. The Hall–Kier alpha value is -2.47. The van der Waals surface area contributed by atoms with Gasteiger partial charge in [-0.2, -0.15) is 0 Å². The monoisotopic (exact) mass is 448 g/mol. The molecule has 0 aliphatic carbocycles. The summed E-state index contributed by atoms with van der Waals surface area (Å²) in [5.74, 6) is 1.59. The van der Waals surface area contributed by atoms with Crippen LogP contribution in [0.2, 0.25) is 0 Å². The van der Waals surface area contributed by atoms with Crippen LogP contribution in [0.4, 0.5) is 0 Å². The third-order valence-electron chi connectivity index (χ3n) is 5.90. The molecule has 3 aromatic rings. The summed E-state index contributed by atoms with van der Waals surface area (Å²) in [7, 11) is 1.69. The highest BCUT2D eigenvalue weighted by Crippen LogP contribution is 2.29. The van der Waals surface area contributed by atoms with E-state index in [0.717, 1.165) is 56.3 Å². The van der Waals surface area contributed by atoms with Gasteiger partial charge in [0.1, 0.15) is 6.61 Å². The molecule has 0 N–H and O–H groups in total. The zero-order valence-corrected chi connectivity index (χ0v) is 19.8. The maximum absolute atomic E-state index is 6.09. The molecule has 1 saturated heterocycles. The van der Waals surface area contributed by atoms with Gasteiger partial charge >= 0.3 is 0 Å². The van der Waals surface area contributed by atoms with Gasteiger partial charge in [0.25, 0.3) is 0 Å². The number of rotatable bonds is 9. The van der Waals surface area contributed by atoms with Gasteiger partial charge in [-0.05, 0) is 47.2 Å². The van der Waals surface area contributed by atoms with Gasteiger partial charge in [0, 0.05) is 44.2 Å². The van der Waals surface area contributed by atoms with Crippen LogP contribution in [0.1, 0.15) is 16.7 Å². The average Bonchev–Trinajstić information content (AvgIpc) is 2.85. The predicted molar refractivity (Wildman–Crippen MR) is 133 cm³/mol. The summed E-state index contributed by atoms with van der Waals surface area (Å²) in [6, 6.07) is 25.5. The van der Waals surface area contributed by atoms with E-state index >= 15 is 0 Å². The van der Waals surface area contributed by atoms with Crippen molar-refractivity contribution in [2.45, 2.75) is 24.6 Å². The van der Waals surface area contributed by atoms with Crippen LogP contribution in [-0.2, 0) is 19.7 Å². The molecule has 168 valence electrons. The Morgan fingerprint density at radius 3 is 1.97 bits per heavy atom. The van der Waals surface area contributed by atoms with E-state index in [1.807, 2.05) is 24.3 Å². The van der Waals surface area contributed by atoms with Crippen molar-refractivity contribution in [2.24, 2.45) is 0 Å². The Morgan fingerprint density at radius 2 is 1.34 bits per heavy atom. The highest BCUT2D eigenvalue weighted by atomic mass is 32.2. The minimum absolute atomic E-state index is 0.539. The molecule has 3 aromatic carbocycles. The highest BCUT2D eigenvalue weighted by Gasteiger charge is 2.18. The Kier molecular flexibility index (Phi) is 8.10. The van der Waals surface area contributed by atoms with E-state index in [-0.39, 0.29) is 0 Å². The third kappa shape index (κ3) is 6.28. The number of methoxy groups -OCH3 is 1. The normalized spacial score (nSPS) is 14.9. The molecule has 0 spiro atoms. The van der Waals surface area contributed by atoms with Gasteiger partial charge in [-0.1, -0.05) is 48.5 Å². The van der Waals surface area contributed by atoms with Gasteiger partial charge in [0.05, 0.1) is 7.11 Å². The first-order valence-electron chi connectivity index (χ1n) is 11.1. The molecule has 1 aliphatic rings. The molecule has 4 rings (SSSR count). The fourth-order valence-corrected chi connectivity index (χ4v) is 4.43. The molecular formula is C27H32N2O2S. The molecule has 1 aliphatic heterocycles. The van der Waals surface area contributed by atoms with Crippen molar-refractivity contribution in [3.63, 3.8) is 0 Å². The molecule has 0 atom stereocenters. The first-order chi connectivity index (χ1) is 15.7. The fourth-order valence-electron chi connectivity index (χ4n) is 4.02. The van der Waals surface area contributed by atoms with Crippen LogP contribution >= 0.6 is 11.8 Å². The SMILES string of the molecule is COc1ccc(CN2CCN(Cc3ccc(SC)cc3)CC2)cc1OCc1ccccc1. The maximum atomic E-state index is 6.09. The second kappa shape index (κ2) is 11.4. The standard InChI is InChI=1S/C27H32N2O2S/c1-30-26-13-10-24(18-27(26)31-21-23-6-4-3-5-7-23)20-29-16-14-28(15-17-29)19-22-8-11-25(32-2)12-9-22/h3-13,18H,14-17,19-21H2,1-2H3. The number of hydrogen-bond donors (Lipinski definition) is 0. The number of hydrogen-bond acceptors (Lipinski definition) is 5. The molecule has 1 fully saturated rings. The zero-order chi connectivity index (χ0) is 22.2. The van der Waals surface area contributed by atoms with E-state index in [9.17, 15) is 0 Å². The fraction of sp³-hybridized carbons (Fsp3) is 0.333. The molecule has 1 heterocycles. The van der Waals surface area contributed by atoms with Crippen molar-refractivity contribution >= 4 is 11.8 Å². The second-order valence-corrected chi connectivity index (χ2v) is 9.04. The number of nitrogens with zero attached hydrogens (tertiary/aromatic N) is 2. The lowest BCUT2D eigenvalue weighted by Gasteiger charge is -2.34. The van der Waals surface area contributed by atoms with Gasteiger partial charge in [-0.3, -0.25) is 9.80 Å². The topological polar surface area (TPSA) is 24.9 Å². The van der Waals surface area contributed by atoms with Gasteiger partial charge in [0.2, 0.25) is 0 Å². The Morgan fingerprint density at radius 1 is 0.719 bits per heavy atom. The van der Waals surface area contributed by atoms with E-state index in [2.05, 4.69) is 64.6 Å². The summed E-state index contributed by atoms with van der Waals surface area (Å²) in [6.07, 6.45) is 2.12. The lowest BCUT2D eigenvalue weighted by Crippen LogP contribution is -2.45. The quantitative estimate of drug-likeness (QED) is 0.413. The van der Waals surface area contributed by atoms with Crippen LogP contribution in [0.25, 0.3) is 0 Å². The molecule has 0 unspecified atom stereocenters. The van der Waals surface area contributed by atoms with Crippen molar-refractivity contribution in [1.82, 2.24) is 9.80 Å².